The average Bonchev–Trinajstić information content (AvgIpc) is 2.98. The molecule has 0 unspecified atom stereocenters. The molecule has 0 spiro atoms. The van der Waals surface area contributed by atoms with Crippen LogP contribution in [0.25, 0.3) is 0 Å². The van der Waals surface area contributed by atoms with Crippen molar-refractivity contribution in [3.05, 3.63) is 41.6 Å². The molecule has 0 aliphatic heterocycles. The summed E-state index contributed by atoms with van der Waals surface area (Å²) in [6.45, 7) is 4.44. The van der Waals surface area contributed by atoms with Gasteiger partial charge in [0.1, 0.15) is 10.7 Å². The molecule has 2 aromatic rings. The molecule has 2 rings (SSSR count). The van der Waals surface area contributed by atoms with Crippen LogP contribution in [-0.2, 0) is 16.6 Å². The van der Waals surface area contributed by atoms with Crippen molar-refractivity contribution in [1.29, 1.82) is 5.26 Å². The van der Waals surface area contributed by atoms with Gasteiger partial charge in [0.2, 0.25) is 10.0 Å². The SMILES string of the molecule is CCCCNc1cc(C#N)ccc1S(=O)(=O)NCc1ncoc1C. The molecule has 1 heterocycles. The van der Waals surface area contributed by atoms with Crippen molar-refractivity contribution in [2.24, 2.45) is 0 Å². The quantitative estimate of drug-likeness (QED) is 0.710. The molecule has 1 aromatic carbocycles. The number of nitrogens with one attached hydrogen (secondary N) is 2. The maximum absolute atomic E-state index is 12.6. The van der Waals surface area contributed by atoms with E-state index in [0.29, 0.717) is 29.2 Å². The number of aryl methyl sites for hydroxylation is 1. The Kier molecular flexibility index (Phi) is 5.95. The van der Waals surface area contributed by atoms with Gasteiger partial charge in [-0.15, -0.1) is 0 Å². The zero-order valence-corrected chi connectivity index (χ0v) is 14.5. The number of aromatic nitrogens is 1. The van der Waals surface area contributed by atoms with E-state index in [0.717, 1.165) is 12.8 Å². The number of benzene rings is 1. The predicted molar refractivity (Wildman–Crippen MR) is 89.8 cm³/mol. The second-order valence-corrected chi connectivity index (χ2v) is 7.02. The number of oxazole rings is 1. The molecule has 0 fully saturated rings. The van der Waals surface area contributed by atoms with Crippen molar-refractivity contribution in [1.82, 2.24) is 9.71 Å². The molecule has 0 saturated heterocycles. The fraction of sp³-hybridized carbons (Fsp3) is 0.375. The van der Waals surface area contributed by atoms with Crippen LogP contribution in [0, 0.1) is 18.3 Å². The van der Waals surface area contributed by atoms with E-state index >= 15 is 0 Å². The first-order chi connectivity index (χ1) is 11.5. The Morgan fingerprint density at radius 3 is 2.79 bits per heavy atom. The van der Waals surface area contributed by atoms with Gasteiger partial charge in [0.15, 0.2) is 6.39 Å². The first kappa shape index (κ1) is 18.0. The fourth-order valence-electron chi connectivity index (χ4n) is 2.11. The summed E-state index contributed by atoms with van der Waals surface area (Å²) in [5.74, 6) is 0.568. The first-order valence-corrected chi connectivity index (χ1v) is 9.13. The van der Waals surface area contributed by atoms with Gasteiger partial charge in [-0.25, -0.2) is 18.1 Å². The number of hydrogen-bond acceptors (Lipinski definition) is 6. The van der Waals surface area contributed by atoms with E-state index in [4.69, 9.17) is 9.68 Å². The van der Waals surface area contributed by atoms with Gasteiger partial charge in [0.25, 0.3) is 0 Å². The Bertz CT molecular complexity index is 837. The molecule has 24 heavy (non-hydrogen) atoms. The third-order valence-electron chi connectivity index (χ3n) is 3.52. The van der Waals surface area contributed by atoms with Crippen molar-refractivity contribution >= 4 is 15.7 Å². The minimum atomic E-state index is -3.75. The monoisotopic (exact) mass is 348 g/mol. The van der Waals surface area contributed by atoms with Gasteiger partial charge in [-0.3, -0.25) is 0 Å². The van der Waals surface area contributed by atoms with E-state index in [1.165, 1.54) is 18.5 Å². The lowest BCUT2D eigenvalue weighted by molar-refractivity contribution is 0.523. The van der Waals surface area contributed by atoms with Crippen molar-refractivity contribution in [2.45, 2.75) is 38.1 Å². The topological polar surface area (TPSA) is 108 Å². The van der Waals surface area contributed by atoms with Gasteiger partial charge in [0, 0.05) is 6.54 Å². The van der Waals surface area contributed by atoms with Crippen LogP contribution in [0.2, 0.25) is 0 Å². The minimum Gasteiger partial charge on any atom is -0.448 e. The molecular formula is C16H20N4O3S. The standard InChI is InChI=1S/C16H20N4O3S/c1-3-4-7-18-14-8-13(9-17)5-6-16(14)24(21,22)20-10-15-12(2)23-11-19-15/h5-6,8,11,18,20H,3-4,7,10H2,1-2H3. The van der Waals surface area contributed by atoms with Crippen LogP contribution in [0.5, 0.6) is 0 Å². The summed E-state index contributed by atoms with van der Waals surface area (Å²) in [7, 11) is -3.75. The van der Waals surface area contributed by atoms with Crippen LogP contribution >= 0.6 is 0 Å². The highest BCUT2D eigenvalue weighted by molar-refractivity contribution is 7.89. The van der Waals surface area contributed by atoms with Gasteiger partial charge in [-0.1, -0.05) is 13.3 Å². The smallest absolute Gasteiger partial charge is 0.242 e. The molecule has 0 atom stereocenters. The number of rotatable bonds is 8. The number of nitrogens with zero attached hydrogens (tertiary/aromatic N) is 2. The number of anilines is 1. The van der Waals surface area contributed by atoms with E-state index in [1.807, 2.05) is 13.0 Å². The highest BCUT2D eigenvalue weighted by Gasteiger charge is 2.20. The van der Waals surface area contributed by atoms with Crippen molar-refractivity contribution in [2.75, 3.05) is 11.9 Å². The second kappa shape index (κ2) is 7.95. The Morgan fingerprint density at radius 2 is 2.17 bits per heavy atom. The number of sulfonamides is 1. The highest BCUT2D eigenvalue weighted by Crippen LogP contribution is 2.23. The Balaban J connectivity index is 2.24. The zero-order chi connectivity index (χ0) is 17.6. The maximum Gasteiger partial charge on any atom is 0.242 e. The van der Waals surface area contributed by atoms with E-state index in [9.17, 15) is 8.42 Å². The van der Waals surface area contributed by atoms with Crippen molar-refractivity contribution in [3.63, 3.8) is 0 Å². The number of nitriles is 1. The highest BCUT2D eigenvalue weighted by atomic mass is 32.2. The molecule has 0 saturated carbocycles. The third-order valence-corrected chi connectivity index (χ3v) is 4.98. The summed E-state index contributed by atoms with van der Waals surface area (Å²) in [5, 5.41) is 12.1. The molecule has 0 aliphatic rings. The lowest BCUT2D eigenvalue weighted by Gasteiger charge is -2.13. The summed E-state index contributed by atoms with van der Waals surface area (Å²) in [6.07, 6.45) is 3.16. The van der Waals surface area contributed by atoms with E-state index in [2.05, 4.69) is 15.0 Å². The predicted octanol–water partition coefficient (Wildman–Crippen LogP) is 2.55. The molecule has 2 N–H and O–H groups in total. The van der Waals surface area contributed by atoms with Crippen LogP contribution in [0.1, 0.15) is 36.8 Å². The van der Waals surface area contributed by atoms with Crippen LogP contribution in [0.3, 0.4) is 0 Å². The van der Waals surface area contributed by atoms with Crippen LogP contribution in [0.4, 0.5) is 5.69 Å². The van der Waals surface area contributed by atoms with Crippen molar-refractivity contribution < 1.29 is 12.8 Å². The van der Waals surface area contributed by atoms with E-state index in [-0.39, 0.29) is 11.4 Å². The molecular weight excluding hydrogens is 328 g/mol. The molecule has 7 nitrogen and oxygen atoms in total. The van der Waals surface area contributed by atoms with Gasteiger partial charge in [-0.2, -0.15) is 5.26 Å². The minimum absolute atomic E-state index is 0.0407. The summed E-state index contributed by atoms with van der Waals surface area (Å²) in [6, 6.07) is 6.49. The van der Waals surface area contributed by atoms with E-state index in [1.54, 1.807) is 13.0 Å². The lowest BCUT2D eigenvalue weighted by Crippen LogP contribution is -2.25. The van der Waals surface area contributed by atoms with Gasteiger partial charge < -0.3 is 9.73 Å². The Morgan fingerprint density at radius 1 is 1.38 bits per heavy atom. The zero-order valence-electron chi connectivity index (χ0n) is 13.7. The number of unbranched alkanes of at least 4 members (excludes halogenated alkanes) is 1. The molecule has 8 heteroatoms. The maximum atomic E-state index is 12.6. The van der Waals surface area contributed by atoms with Crippen LogP contribution < -0.4 is 10.0 Å². The first-order valence-electron chi connectivity index (χ1n) is 7.64. The van der Waals surface area contributed by atoms with Crippen molar-refractivity contribution in [3.8, 4) is 6.07 Å². The summed E-state index contributed by atoms with van der Waals surface area (Å²) < 4.78 is 32.8. The average molecular weight is 348 g/mol. The molecule has 1 aromatic heterocycles. The second-order valence-electron chi connectivity index (χ2n) is 5.28. The van der Waals surface area contributed by atoms with Gasteiger partial charge >= 0.3 is 0 Å². The number of hydrogen-bond donors (Lipinski definition) is 2. The summed E-state index contributed by atoms with van der Waals surface area (Å²) in [5.41, 5.74) is 1.36. The normalized spacial score (nSPS) is 11.2. The van der Waals surface area contributed by atoms with Gasteiger partial charge in [0.05, 0.1) is 29.6 Å². The third kappa shape index (κ3) is 4.34. The Labute approximate surface area is 141 Å². The summed E-state index contributed by atoms with van der Waals surface area (Å²) >= 11 is 0. The molecule has 0 aliphatic carbocycles. The molecule has 0 radical (unpaired) electrons. The molecule has 0 amide bonds. The van der Waals surface area contributed by atoms with Gasteiger partial charge in [-0.05, 0) is 31.5 Å². The summed E-state index contributed by atoms with van der Waals surface area (Å²) in [4.78, 5) is 4.08. The lowest BCUT2D eigenvalue weighted by atomic mass is 10.2. The largest absolute Gasteiger partial charge is 0.448 e. The molecule has 0 bridgehead atoms. The van der Waals surface area contributed by atoms with E-state index < -0.39 is 10.0 Å². The Hall–Kier alpha value is -2.37. The van der Waals surface area contributed by atoms with Crippen LogP contribution in [0.15, 0.2) is 33.9 Å². The molecule has 128 valence electrons. The van der Waals surface area contributed by atoms with Crippen LogP contribution in [-0.4, -0.2) is 19.9 Å². The fourth-order valence-corrected chi connectivity index (χ4v) is 3.26.